The lowest BCUT2D eigenvalue weighted by molar-refractivity contribution is 0.0996. The van der Waals surface area contributed by atoms with Gasteiger partial charge in [0, 0.05) is 13.1 Å². The van der Waals surface area contributed by atoms with Gasteiger partial charge in [0.15, 0.2) is 15.6 Å². The van der Waals surface area contributed by atoms with Crippen molar-refractivity contribution in [3.05, 3.63) is 42.5 Å². The van der Waals surface area contributed by atoms with E-state index < -0.39 is 9.84 Å². The second kappa shape index (κ2) is 6.04. The summed E-state index contributed by atoms with van der Waals surface area (Å²) in [5.74, 6) is 0.643. The SMILES string of the molecule is CN(c1ccc(NC(=O)c2ccco2)nc1)C1CCS(=O)(=O)C1. The number of nitrogens with zero attached hydrogens (tertiary/aromatic N) is 2. The molecule has 1 aliphatic heterocycles. The van der Waals surface area contributed by atoms with Gasteiger partial charge in [-0.1, -0.05) is 0 Å². The summed E-state index contributed by atoms with van der Waals surface area (Å²) in [5, 5.41) is 2.63. The topological polar surface area (TPSA) is 92.5 Å². The summed E-state index contributed by atoms with van der Waals surface area (Å²) >= 11 is 0. The molecule has 1 amide bonds. The molecule has 0 radical (unpaired) electrons. The standard InChI is InChI=1S/C15H17N3O4S/c1-18(12-6-8-23(20,21)10-12)11-4-5-14(16-9-11)17-15(19)13-3-2-7-22-13/h2-5,7,9,12H,6,8,10H2,1H3,(H,16,17,19). The lowest BCUT2D eigenvalue weighted by atomic mass is 10.2. The molecule has 0 saturated carbocycles. The number of pyridine rings is 1. The van der Waals surface area contributed by atoms with Crippen LogP contribution in [-0.4, -0.2) is 43.9 Å². The molecule has 1 aliphatic rings. The predicted molar refractivity (Wildman–Crippen MR) is 86.4 cm³/mol. The Morgan fingerprint density at radius 2 is 2.22 bits per heavy atom. The molecule has 1 unspecified atom stereocenters. The summed E-state index contributed by atoms with van der Waals surface area (Å²) in [7, 11) is -1.08. The number of sulfone groups is 1. The van der Waals surface area contributed by atoms with Crippen molar-refractivity contribution in [2.45, 2.75) is 12.5 Å². The minimum absolute atomic E-state index is 0.0367. The maximum Gasteiger partial charge on any atom is 0.292 e. The highest BCUT2D eigenvalue weighted by Crippen LogP contribution is 2.23. The molecule has 1 atom stereocenters. The van der Waals surface area contributed by atoms with Gasteiger partial charge in [0.05, 0.1) is 29.7 Å². The first-order valence-electron chi connectivity index (χ1n) is 7.19. The van der Waals surface area contributed by atoms with Crippen LogP contribution in [-0.2, 0) is 9.84 Å². The molecule has 1 N–H and O–H groups in total. The molecule has 3 rings (SSSR count). The van der Waals surface area contributed by atoms with Gasteiger partial charge in [0.2, 0.25) is 0 Å². The van der Waals surface area contributed by atoms with Crippen molar-refractivity contribution < 1.29 is 17.6 Å². The molecule has 3 heterocycles. The van der Waals surface area contributed by atoms with E-state index in [0.717, 1.165) is 5.69 Å². The van der Waals surface area contributed by atoms with E-state index >= 15 is 0 Å². The largest absolute Gasteiger partial charge is 0.459 e. The first-order chi connectivity index (χ1) is 10.9. The number of nitrogens with one attached hydrogen (secondary N) is 1. The van der Waals surface area contributed by atoms with Crippen LogP contribution in [0.3, 0.4) is 0 Å². The molecule has 0 aliphatic carbocycles. The predicted octanol–water partition coefficient (Wildman–Crippen LogP) is 1.55. The van der Waals surface area contributed by atoms with Gasteiger partial charge in [-0.3, -0.25) is 4.79 Å². The van der Waals surface area contributed by atoms with Crippen molar-refractivity contribution >= 4 is 27.2 Å². The number of carbonyl (C=O) groups is 1. The molecule has 2 aromatic rings. The van der Waals surface area contributed by atoms with Crippen LogP contribution in [0.15, 0.2) is 41.1 Å². The monoisotopic (exact) mass is 335 g/mol. The number of rotatable bonds is 4. The molecular formula is C15H17N3O4S. The molecule has 1 saturated heterocycles. The van der Waals surface area contributed by atoms with Crippen LogP contribution < -0.4 is 10.2 Å². The second-order valence-electron chi connectivity index (χ2n) is 5.50. The number of aromatic nitrogens is 1. The van der Waals surface area contributed by atoms with Crippen LogP contribution >= 0.6 is 0 Å². The average Bonchev–Trinajstić information content (AvgIpc) is 3.17. The number of furan rings is 1. The smallest absolute Gasteiger partial charge is 0.292 e. The summed E-state index contributed by atoms with van der Waals surface area (Å²) < 4.78 is 28.1. The molecule has 122 valence electrons. The van der Waals surface area contributed by atoms with Crippen molar-refractivity contribution in [3.8, 4) is 0 Å². The quantitative estimate of drug-likeness (QED) is 0.911. The zero-order chi connectivity index (χ0) is 16.4. The molecule has 0 spiro atoms. The van der Waals surface area contributed by atoms with Crippen molar-refractivity contribution in [2.24, 2.45) is 0 Å². The second-order valence-corrected chi connectivity index (χ2v) is 7.73. The summed E-state index contributed by atoms with van der Waals surface area (Å²) in [6.45, 7) is 0. The van der Waals surface area contributed by atoms with E-state index in [9.17, 15) is 13.2 Å². The normalized spacial score (nSPS) is 19.4. The molecule has 0 bridgehead atoms. The molecule has 7 nitrogen and oxygen atoms in total. The van der Waals surface area contributed by atoms with Crippen LogP contribution in [0.25, 0.3) is 0 Å². The van der Waals surface area contributed by atoms with Crippen molar-refractivity contribution in [2.75, 3.05) is 28.8 Å². The molecule has 23 heavy (non-hydrogen) atoms. The molecule has 1 fully saturated rings. The Morgan fingerprint density at radius 3 is 2.78 bits per heavy atom. The van der Waals surface area contributed by atoms with Crippen molar-refractivity contribution in [3.63, 3.8) is 0 Å². The Hall–Kier alpha value is -2.35. The van der Waals surface area contributed by atoms with E-state index in [0.29, 0.717) is 12.2 Å². The van der Waals surface area contributed by atoms with Gasteiger partial charge in [-0.2, -0.15) is 0 Å². The Labute approximate surface area is 134 Å². The third-order valence-electron chi connectivity index (χ3n) is 3.90. The third kappa shape index (κ3) is 3.53. The summed E-state index contributed by atoms with van der Waals surface area (Å²) in [6.07, 6.45) is 3.66. The molecule has 0 aromatic carbocycles. The van der Waals surface area contributed by atoms with Crippen LogP contribution in [0.5, 0.6) is 0 Å². The van der Waals surface area contributed by atoms with Gasteiger partial charge in [-0.25, -0.2) is 13.4 Å². The fourth-order valence-corrected chi connectivity index (χ4v) is 4.32. The van der Waals surface area contributed by atoms with E-state index in [1.54, 1.807) is 30.5 Å². The number of hydrogen-bond donors (Lipinski definition) is 1. The maximum absolute atomic E-state index is 11.9. The fourth-order valence-electron chi connectivity index (χ4n) is 2.55. The van der Waals surface area contributed by atoms with Gasteiger partial charge in [-0.05, 0) is 30.7 Å². The van der Waals surface area contributed by atoms with Crippen molar-refractivity contribution in [1.82, 2.24) is 4.98 Å². The lowest BCUT2D eigenvalue weighted by Gasteiger charge is -2.25. The number of anilines is 2. The van der Waals surface area contributed by atoms with E-state index in [-0.39, 0.29) is 29.2 Å². The van der Waals surface area contributed by atoms with Gasteiger partial charge in [0.1, 0.15) is 5.82 Å². The fraction of sp³-hybridized carbons (Fsp3) is 0.333. The van der Waals surface area contributed by atoms with E-state index in [2.05, 4.69) is 10.3 Å². The highest BCUT2D eigenvalue weighted by molar-refractivity contribution is 7.91. The number of hydrogen-bond acceptors (Lipinski definition) is 6. The minimum atomic E-state index is -2.93. The van der Waals surface area contributed by atoms with Crippen molar-refractivity contribution in [1.29, 1.82) is 0 Å². The summed E-state index contributed by atoms with van der Waals surface area (Å²) in [6, 6.07) is 6.64. The van der Waals surface area contributed by atoms with Gasteiger partial charge >= 0.3 is 0 Å². The summed E-state index contributed by atoms with van der Waals surface area (Å²) in [4.78, 5) is 18.0. The Morgan fingerprint density at radius 1 is 1.39 bits per heavy atom. The van der Waals surface area contributed by atoms with Crippen LogP contribution in [0.1, 0.15) is 17.0 Å². The first kappa shape index (κ1) is 15.5. The molecule has 2 aromatic heterocycles. The highest BCUT2D eigenvalue weighted by atomic mass is 32.2. The Kier molecular flexibility index (Phi) is 4.08. The first-order valence-corrected chi connectivity index (χ1v) is 9.01. The Bertz CT molecular complexity index is 785. The number of carbonyl (C=O) groups excluding carboxylic acids is 1. The van der Waals surface area contributed by atoms with E-state index in [1.165, 1.54) is 6.26 Å². The van der Waals surface area contributed by atoms with Crippen LogP contribution in [0, 0.1) is 0 Å². The maximum atomic E-state index is 11.9. The van der Waals surface area contributed by atoms with Gasteiger partial charge in [0.25, 0.3) is 5.91 Å². The van der Waals surface area contributed by atoms with Gasteiger partial charge < -0.3 is 14.6 Å². The van der Waals surface area contributed by atoms with Crippen LogP contribution in [0.2, 0.25) is 0 Å². The average molecular weight is 335 g/mol. The van der Waals surface area contributed by atoms with E-state index in [1.807, 2.05) is 11.9 Å². The number of amides is 1. The Balaban J connectivity index is 1.66. The molecular weight excluding hydrogens is 318 g/mol. The third-order valence-corrected chi connectivity index (χ3v) is 5.65. The lowest BCUT2D eigenvalue weighted by Crippen LogP contribution is -2.32. The summed E-state index contributed by atoms with van der Waals surface area (Å²) in [5.41, 5.74) is 0.808. The zero-order valence-corrected chi connectivity index (χ0v) is 13.4. The molecule has 8 heteroatoms. The van der Waals surface area contributed by atoms with E-state index in [4.69, 9.17) is 4.42 Å². The minimum Gasteiger partial charge on any atom is -0.459 e. The zero-order valence-electron chi connectivity index (χ0n) is 12.6. The van der Waals surface area contributed by atoms with Crippen LogP contribution in [0.4, 0.5) is 11.5 Å². The van der Waals surface area contributed by atoms with Gasteiger partial charge in [-0.15, -0.1) is 0 Å². The highest BCUT2D eigenvalue weighted by Gasteiger charge is 2.30.